The molecule has 0 atom stereocenters. The van der Waals surface area contributed by atoms with E-state index in [1.807, 2.05) is 11.8 Å². The zero-order valence-corrected chi connectivity index (χ0v) is 12.8. The van der Waals surface area contributed by atoms with Crippen LogP contribution in [0, 0.1) is 0 Å². The highest BCUT2D eigenvalue weighted by Gasteiger charge is 1.96. The lowest BCUT2D eigenvalue weighted by molar-refractivity contribution is 0.194. The summed E-state index contributed by atoms with van der Waals surface area (Å²) >= 11 is 1.92. The molecule has 0 aliphatic carbocycles. The maximum atomic E-state index is 5.04. The Bertz CT molecular complexity index is 316. The molecule has 108 valence electrons. The fourth-order valence-corrected chi connectivity index (χ4v) is 2.56. The summed E-state index contributed by atoms with van der Waals surface area (Å²) in [6.07, 6.45) is 2.35. The van der Waals surface area contributed by atoms with Gasteiger partial charge in [-0.25, -0.2) is 0 Å². The van der Waals surface area contributed by atoms with Gasteiger partial charge in [0.1, 0.15) is 0 Å². The van der Waals surface area contributed by atoms with Gasteiger partial charge in [0.05, 0.1) is 6.61 Å². The summed E-state index contributed by atoms with van der Waals surface area (Å²) in [6, 6.07) is 8.79. The summed E-state index contributed by atoms with van der Waals surface area (Å²) in [6.45, 7) is 3.43. The predicted molar refractivity (Wildman–Crippen MR) is 81.9 cm³/mol. The molecule has 1 aromatic rings. The first kappa shape index (κ1) is 16.5. The molecule has 0 spiro atoms. The molecule has 0 bridgehead atoms. The lowest BCUT2D eigenvalue weighted by Gasteiger charge is -2.06. The van der Waals surface area contributed by atoms with Gasteiger partial charge in [-0.1, -0.05) is 12.1 Å². The van der Waals surface area contributed by atoms with Gasteiger partial charge in [-0.05, 0) is 36.3 Å². The van der Waals surface area contributed by atoms with Gasteiger partial charge in [0.25, 0.3) is 0 Å². The molecule has 0 amide bonds. The number of nitrogens with one attached hydrogen (secondary N) is 1. The molecular formula is C15H25NO2S. The zero-order chi connectivity index (χ0) is 13.8. The molecule has 0 aromatic heterocycles. The molecule has 1 rings (SSSR count). The summed E-state index contributed by atoms with van der Waals surface area (Å²) in [5, 5.41) is 3.34. The second kappa shape index (κ2) is 11.3. The molecule has 0 saturated heterocycles. The molecule has 0 fully saturated rings. The van der Waals surface area contributed by atoms with Crippen molar-refractivity contribution in [1.29, 1.82) is 0 Å². The van der Waals surface area contributed by atoms with Crippen molar-refractivity contribution in [3.8, 4) is 0 Å². The maximum absolute atomic E-state index is 5.04. The Kier molecular flexibility index (Phi) is 9.81. The van der Waals surface area contributed by atoms with Gasteiger partial charge in [-0.3, -0.25) is 0 Å². The van der Waals surface area contributed by atoms with Crippen LogP contribution < -0.4 is 5.32 Å². The summed E-state index contributed by atoms with van der Waals surface area (Å²) in [4.78, 5) is 1.35. The molecule has 0 saturated carbocycles. The summed E-state index contributed by atoms with van der Waals surface area (Å²) in [7, 11) is 3.48. The number of unbranched alkanes of at least 4 members (excludes halogenated alkanes) is 1. The van der Waals surface area contributed by atoms with Crippen molar-refractivity contribution in [3.05, 3.63) is 29.8 Å². The van der Waals surface area contributed by atoms with Gasteiger partial charge in [-0.15, -0.1) is 11.8 Å². The highest BCUT2D eigenvalue weighted by molar-refractivity contribution is 7.99. The average molecular weight is 283 g/mol. The van der Waals surface area contributed by atoms with Crippen molar-refractivity contribution in [2.45, 2.75) is 24.3 Å². The Morgan fingerprint density at radius 2 is 1.74 bits per heavy atom. The fraction of sp³-hybridized carbons (Fsp3) is 0.600. The van der Waals surface area contributed by atoms with Crippen LogP contribution in [0.2, 0.25) is 0 Å². The third-order valence-corrected chi connectivity index (χ3v) is 3.85. The Morgan fingerprint density at radius 3 is 2.42 bits per heavy atom. The van der Waals surface area contributed by atoms with Gasteiger partial charge >= 0.3 is 0 Å². The van der Waals surface area contributed by atoms with E-state index in [9.17, 15) is 0 Å². The molecule has 4 heteroatoms. The fourth-order valence-electron chi connectivity index (χ4n) is 1.65. The molecule has 0 unspecified atom stereocenters. The quantitative estimate of drug-likeness (QED) is 0.500. The van der Waals surface area contributed by atoms with Crippen LogP contribution in [0.1, 0.15) is 18.4 Å². The molecule has 1 aromatic carbocycles. The van der Waals surface area contributed by atoms with Crippen molar-refractivity contribution >= 4 is 11.8 Å². The van der Waals surface area contributed by atoms with Crippen LogP contribution in [-0.4, -0.2) is 39.7 Å². The molecule has 0 aliphatic rings. The van der Waals surface area contributed by atoms with E-state index in [0.29, 0.717) is 0 Å². The molecule has 0 heterocycles. The van der Waals surface area contributed by atoms with E-state index in [1.165, 1.54) is 16.9 Å². The number of hydrogen-bond acceptors (Lipinski definition) is 4. The SMILES string of the molecule is COCCCCSc1ccc(CNCCOC)cc1. The van der Waals surface area contributed by atoms with Gasteiger partial charge < -0.3 is 14.8 Å². The standard InChI is InChI=1S/C15H25NO2S/c1-17-10-3-4-12-19-15-7-5-14(6-8-15)13-16-9-11-18-2/h5-8,16H,3-4,9-13H2,1-2H3. The van der Waals surface area contributed by atoms with Gasteiger partial charge in [0.2, 0.25) is 0 Å². The van der Waals surface area contributed by atoms with E-state index in [0.717, 1.165) is 38.5 Å². The minimum atomic E-state index is 0.759. The van der Waals surface area contributed by atoms with E-state index in [4.69, 9.17) is 9.47 Å². The highest BCUT2D eigenvalue weighted by Crippen LogP contribution is 2.19. The van der Waals surface area contributed by atoms with Crippen LogP contribution >= 0.6 is 11.8 Å². The zero-order valence-electron chi connectivity index (χ0n) is 12.0. The molecule has 3 nitrogen and oxygen atoms in total. The van der Waals surface area contributed by atoms with Crippen molar-refractivity contribution < 1.29 is 9.47 Å². The Hall–Kier alpha value is -0.550. The second-order valence-electron chi connectivity index (χ2n) is 4.36. The van der Waals surface area contributed by atoms with Crippen LogP contribution in [0.15, 0.2) is 29.2 Å². The normalized spacial score (nSPS) is 10.8. The van der Waals surface area contributed by atoms with Crippen LogP contribution in [0.25, 0.3) is 0 Å². The van der Waals surface area contributed by atoms with E-state index in [-0.39, 0.29) is 0 Å². The summed E-state index contributed by atoms with van der Waals surface area (Å²) in [5.74, 6) is 1.16. The first-order valence-corrected chi connectivity index (χ1v) is 7.75. The minimum Gasteiger partial charge on any atom is -0.385 e. The predicted octanol–water partition coefficient (Wildman–Crippen LogP) is 2.94. The highest BCUT2D eigenvalue weighted by atomic mass is 32.2. The first-order valence-electron chi connectivity index (χ1n) is 6.77. The second-order valence-corrected chi connectivity index (χ2v) is 5.53. The summed E-state index contributed by atoms with van der Waals surface area (Å²) < 4.78 is 10.0. The number of thioether (sulfide) groups is 1. The third-order valence-electron chi connectivity index (χ3n) is 2.75. The van der Waals surface area contributed by atoms with Crippen LogP contribution in [0.3, 0.4) is 0 Å². The maximum Gasteiger partial charge on any atom is 0.0587 e. The topological polar surface area (TPSA) is 30.5 Å². The Labute approximate surface area is 121 Å². The number of ether oxygens (including phenoxy) is 2. The lowest BCUT2D eigenvalue weighted by Crippen LogP contribution is -2.18. The van der Waals surface area contributed by atoms with Crippen LogP contribution in [-0.2, 0) is 16.0 Å². The number of hydrogen-bond donors (Lipinski definition) is 1. The first-order chi connectivity index (χ1) is 9.36. The molecular weight excluding hydrogens is 258 g/mol. The third kappa shape index (κ3) is 8.26. The van der Waals surface area contributed by atoms with E-state index >= 15 is 0 Å². The smallest absolute Gasteiger partial charge is 0.0587 e. The number of benzene rings is 1. The van der Waals surface area contributed by atoms with Crippen molar-refractivity contribution in [2.24, 2.45) is 0 Å². The van der Waals surface area contributed by atoms with Crippen molar-refractivity contribution in [2.75, 3.05) is 39.7 Å². The molecule has 0 radical (unpaired) electrons. The Morgan fingerprint density at radius 1 is 1.00 bits per heavy atom. The van der Waals surface area contributed by atoms with E-state index in [2.05, 4.69) is 29.6 Å². The van der Waals surface area contributed by atoms with Crippen molar-refractivity contribution in [1.82, 2.24) is 5.32 Å². The van der Waals surface area contributed by atoms with Crippen LogP contribution in [0.5, 0.6) is 0 Å². The molecule has 19 heavy (non-hydrogen) atoms. The van der Waals surface area contributed by atoms with Gasteiger partial charge in [-0.2, -0.15) is 0 Å². The number of rotatable bonds is 11. The van der Waals surface area contributed by atoms with Gasteiger partial charge in [0, 0.05) is 38.8 Å². The largest absolute Gasteiger partial charge is 0.385 e. The van der Waals surface area contributed by atoms with Crippen LogP contribution in [0.4, 0.5) is 0 Å². The average Bonchev–Trinajstić information content (AvgIpc) is 2.45. The van der Waals surface area contributed by atoms with E-state index < -0.39 is 0 Å². The van der Waals surface area contributed by atoms with E-state index in [1.54, 1.807) is 14.2 Å². The molecule has 0 aliphatic heterocycles. The lowest BCUT2D eigenvalue weighted by atomic mass is 10.2. The summed E-state index contributed by atoms with van der Waals surface area (Å²) in [5.41, 5.74) is 1.32. The van der Waals surface area contributed by atoms with Crippen molar-refractivity contribution in [3.63, 3.8) is 0 Å². The van der Waals surface area contributed by atoms with Gasteiger partial charge in [0.15, 0.2) is 0 Å². The minimum absolute atomic E-state index is 0.759. The number of methoxy groups -OCH3 is 2. The molecule has 1 N–H and O–H groups in total. The Balaban J connectivity index is 2.16. The monoisotopic (exact) mass is 283 g/mol.